The van der Waals surface area contributed by atoms with Crippen molar-refractivity contribution >= 4 is 0 Å². The number of hydrogen-bond donors (Lipinski definition) is 1. The molecule has 3 heteroatoms. The van der Waals surface area contributed by atoms with Crippen molar-refractivity contribution in [3.05, 3.63) is 29.3 Å². The quantitative estimate of drug-likeness (QED) is 0.841. The van der Waals surface area contributed by atoms with E-state index in [4.69, 9.17) is 9.47 Å². The van der Waals surface area contributed by atoms with Gasteiger partial charge in [-0.05, 0) is 31.4 Å². The number of ether oxygens (including phenoxy) is 2. The molecule has 0 radical (unpaired) electrons. The van der Waals surface area contributed by atoms with Crippen LogP contribution in [0.2, 0.25) is 0 Å². The van der Waals surface area contributed by atoms with Gasteiger partial charge in [-0.25, -0.2) is 0 Å². The Balaban J connectivity index is 2.22. The minimum Gasteiger partial charge on any atom is -0.493 e. The molecule has 1 aromatic rings. The van der Waals surface area contributed by atoms with E-state index in [1.165, 1.54) is 11.1 Å². The first-order valence-electron chi connectivity index (χ1n) is 6.83. The smallest absolute Gasteiger partial charge is 0.127 e. The van der Waals surface area contributed by atoms with E-state index in [-0.39, 0.29) is 6.04 Å². The molecule has 1 atom stereocenters. The molecule has 0 spiro atoms. The third-order valence-electron chi connectivity index (χ3n) is 3.31. The zero-order valence-electron chi connectivity index (χ0n) is 11.4. The highest BCUT2D eigenvalue weighted by Crippen LogP contribution is 2.33. The Morgan fingerprint density at radius 2 is 2.33 bits per heavy atom. The van der Waals surface area contributed by atoms with Crippen LogP contribution in [0.3, 0.4) is 0 Å². The average molecular weight is 249 g/mol. The maximum Gasteiger partial charge on any atom is 0.127 e. The highest BCUT2D eigenvalue weighted by Gasteiger charge is 2.20. The summed E-state index contributed by atoms with van der Waals surface area (Å²) in [6.45, 7) is 4.68. The summed E-state index contributed by atoms with van der Waals surface area (Å²) in [4.78, 5) is 0. The third kappa shape index (κ3) is 3.03. The van der Waals surface area contributed by atoms with Crippen LogP contribution in [0.1, 0.15) is 36.9 Å². The molecule has 2 rings (SSSR count). The minimum atomic E-state index is 0.225. The molecular formula is C15H23NO2. The molecule has 1 heterocycles. The highest BCUT2D eigenvalue weighted by atomic mass is 16.5. The molecule has 0 aliphatic carbocycles. The fourth-order valence-electron chi connectivity index (χ4n) is 2.43. The van der Waals surface area contributed by atoms with Crippen molar-refractivity contribution in [1.29, 1.82) is 0 Å². The van der Waals surface area contributed by atoms with Gasteiger partial charge in [-0.2, -0.15) is 0 Å². The summed E-state index contributed by atoms with van der Waals surface area (Å²) in [7, 11) is 1.75. The first-order valence-corrected chi connectivity index (χ1v) is 6.83. The molecule has 0 saturated heterocycles. The molecule has 18 heavy (non-hydrogen) atoms. The Morgan fingerprint density at radius 3 is 3.11 bits per heavy atom. The zero-order valence-corrected chi connectivity index (χ0v) is 11.4. The van der Waals surface area contributed by atoms with Gasteiger partial charge in [-0.1, -0.05) is 25.1 Å². The van der Waals surface area contributed by atoms with E-state index in [9.17, 15) is 0 Å². The molecule has 0 bridgehead atoms. The standard InChI is InChI=1S/C15H23NO2/c1-3-9-16-14(11-17-2)13-8-4-6-12-7-5-10-18-15(12)13/h4,6,8,14,16H,3,5,7,9-11H2,1-2H3. The molecule has 0 amide bonds. The number of rotatable bonds is 6. The minimum absolute atomic E-state index is 0.225. The molecule has 1 aromatic carbocycles. The maximum atomic E-state index is 5.87. The van der Waals surface area contributed by atoms with E-state index in [0.717, 1.165) is 38.2 Å². The second-order valence-electron chi connectivity index (χ2n) is 4.75. The fourth-order valence-corrected chi connectivity index (χ4v) is 2.43. The van der Waals surface area contributed by atoms with Gasteiger partial charge in [0.2, 0.25) is 0 Å². The summed E-state index contributed by atoms with van der Waals surface area (Å²) in [6.07, 6.45) is 3.36. The Hall–Kier alpha value is -1.06. The van der Waals surface area contributed by atoms with Crippen LogP contribution in [0.5, 0.6) is 5.75 Å². The molecular weight excluding hydrogens is 226 g/mol. The predicted octanol–water partition coefficient (Wildman–Crippen LogP) is 2.70. The van der Waals surface area contributed by atoms with Crippen molar-refractivity contribution < 1.29 is 9.47 Å². The van der Waals surface area contributed by atoms with Crippen LogP contribution < -0.4 is 10.1 Å². The van der Waals surface area contributed by atoms with Crippen LogP contribution in [0, 0.1) is 0 Å². The summed E-state index contributed by atoms with van der Waals surface area (Å²) < 4.78 is 11.2. The number of nitrogens with one attached hydrogen (secondary N) is 1. The third-order valence-corrected chi connectivity index (χ3v) is 3.31. The molecule has 1 aliphatic rings. The van der Waals surface area contributed by atoms with Gasteiger partial charge in [0.25, 0.3) is 0 Å². The van der Waals surface area contributed by atoms with Gasteiger partial charge in [0.1, 0.15) is 5.75 Å². The van der Waals surface area contributed by atoms with Gasteiger partial charge in [0.15, 0.2) is 0 Å². The molecule has 1 aliphatic heterocycles. The normalized spacial score (nSPS) is 15.9. The zero-order chi connectivity index (χ0) is 12.8. The lowest BCUT2D eigenvalue weighted by atomic mass is 9.98. The fraction of sp³-hybridized carbons (Fsp3) is 0.600. The summed E-state index contributed by atoms with van der Waals surface area (Å²) in [6, 6.07) is 6.67. The summed E-state index contributed by atoms with van der Waals surface area (Å²) in [5.74, 6) is 1.08. The van der Waals surface area contributed by atoms with Crippen molar-refractivity contribution in [2.24, 2.45) is 0 Å². The maximum absolute atomic E-state index is 5.87. The Morgan fingerprint density at radius 1 is 1.44 bits per heavy atom. The number of hydrogen-bond acceptors (Lipinski definition) is 3. The van der Waals surface area contributed by atoms with Crippen LogP contribution >= 0.6 is 0 Å². The highest BCUT2D eigenvalue weighted by molar-refractivity contribution is 5.44. The van der Waals surface area contributed by atoms with Crippen LogP contribution in [0.4, 0.5) is 0 Å². The van der Waals surface area contributed by atoms with Crippen molar-refractivity contribution in [3.8, 4) is 5.75 Å². The Kier molecular flexibility index (Phi) is 5.02. The topological polar surface area (TPSA) is 30.5 Å². The number of fused-ring (bicyclic) bond motifs is 1. The van der Waals surface area contributed by atoms with Gasteiger partial charge >= 0.3 is 0 Å². The number of para-hydroxylation sites is 1. The summed E-state index contributed by atoms with van der Waals surface area (Å²) in [5, 5.41) is 3.53. The van der Waals surface area contributed by atoms with Crippen LogP contribution in [-0.4, -0.2) is 26.9 Å². The van der Waals surface area contributed by atoms with Crippen molar-refractivity contribution in [3.63, 3.8) is 0 Å². The van der Waals surface area contributed by atoms with Crippen molar-refractivity contribution in [2.45, 2.75) is 32.2 Å². The summed E-state index contributed by atoms with van der Waals surface area (Å²) >= 11 is 0. The lowest BCUT2D eigenvalue weighted by Crippen LogP contribution is -2.27. The van der Waals surface area contributed by atoms with E-state index in [1.54, 1.807) is 7.11 Å². The molecule has 0 fully saturated rings. The molecule has 0 saturated carbocycles. The molecule has 0 aromatic heterocycles. The molecule has 1 N–H and O–H groups in total. The SMILES string of the molecule is CCCNC(COC)c1cccc2c1OCCC2. The lowest BCUT2D eigenvalue weighted by Gasteiger charge is -2.25. The van der Waals surface area contributed by atoms with Gasteiger partial charge in [0, 0.05) is 12.7 Å². The van der Waals surface area contributed by atoms with Gasteiger partial charge in [0.05, 0.1) is 19.3 Å². The number of methoxy groups -OCH3 is 1. The van der Waals surface area contributed by atoms with Crippen LogP contribution in [-0.2, 0) is 11.2 Å². The first-order chi connectivity index (χ1) is 8.86. The van der Waals surface area contributed by atoms with Gasteiger partial charge < -0.3 is 14.8 Å². The van der Waals surface area contributed by atoms with Gasteiger partial charge in [-0.15, -0.1) is 0 Å². The summed E-state index contributed by atoms with van der Waals surface area (Å²) in [5.41, 5.74) is 2.57. The molecule has 100 valence electrons. The van der Waals surface area contributed by atoms with E-state index in [0.29, 0.717) is 6.61 Å². The van der Waals surface area contributed by atoms with Crippen molar-refractivity contribution in [2.75, 3.05) is 26.9 Å². The Bertz CT molecular complexity index is 379. The van der Waals surface area contributed by atoms with Crippen molar-refractivity contribution in [1.82, 2.24) is 5.32 Å². The largest absolute Gasteiger partial charge is 0.493 e. The predicted molar refractivity (Wildman–Crippen MR) is 73.2 cm³/mol. The van der Waals surface area contributed by atoms with E-state index in [1.807, 2.05) is 0 Å². The van der Waals surface area contributed by atoms with Crippen LogP contribution in [0.15, 0.2) is 18.2 Å². The van der Waals surface area contributed by atoms with E-state index in [2.05, 4.69) is 30.4 Å². The monoisotopic (exact) mass is 249 g/mol. The Labute approximate surface area is 109 Å². The van der Waals surface area contributed by atoms with Crippen LogP contribution in [0.25, 0.3) is 0 Å². The molecule has 3 nitrogen and oxygen atoms in total. The average Bonchev–Trinajstić information content (AvgIpc) is 2.43. The second kappa shape index (κ2) is 6.76. The molecule has 1 unspecified atom stereocenters. The second-order valence-corrected chi connectivity index (χ2v) is 4.75. The first kappa shape index (κ1) is 13.4. The number of benzene rings is 1. The lowest BCUT2D eigenvalue weighted by molar-refractivity contribution is 0.164. The van der Waals surface area contributed by atoms with E-state index < -0.39 is 0 Å². The van der Waals surface area contributed by atoms with Gasteiger partial charge in [-0.3, -0.25) is 0 Å². The van der Waals surface area contributed by atoms with E-state index >= 15 is 0 Å². The number of aryl methyl sites for hydroxylation is 1.